The first kappa shape index (κ1) is 15.2. The summed E-state index contributed by atoms with van der Waals surface area (Å²) in [5.41, 5.74) is 2.88. The Morgan fingerprint density at radius 3 is 2.43 bits per heavy atom. The maximum atomic E-state index is 4.30. The third-order valence-corrected chi connectivity index (χ3v) is 4.23. The molecule has 0 unspecified atom stereocenters. The van der Waals surface area contributed by atoms with E-state index in [1.807, 2.05) is 42.5 Å². The first-order valence-corrected chi connectivity index (χ1v) is 7.82. The van der Waals surface area contributed by atoms with Crippen LogP contribution in [0.3, 0.4) is 0 Å². The van der Waals surface area contributed by atoms with Gasteiger partial charge in [-0.3, -0.25) is 0 Å². The van der Waals surface area contributed by atoms with Crippen molar-refractivity contribution in [3.05, 3.63) is 66.0 Å². The summed E-state index contributed by atoms with van der Waals surface area (Å²) in [5.74, 6) is 0.800. The SMILES string of the molecule is CC[C@@](C)(Nc1ccccc1C)c1nnnn1-c1ccccc1. The Kier molecular flexibility index (Phi) is 4.10. The third kappa shape index (κ3) is 2.95. The van der Waals surface area contributed by atoms with Gasteiger partial charge in [0.25, 0.3) is 0 Å². The standard InChI is InChI=1S/C18H21N5/c1-4-18(3,19-16-13-9-8-10-14(16)2)17-20-21-22-23(17)15-11-6-5-7-12-15/h5-13,19H,4H2,1-3H3/t18-/m1/s1. The number of anilines is 1. The minimum Gasteiger partial charge on any atom is -0.373 e. The summed E-state index contributed by atoms with van der Waals surface area (Å²) in [6.07, 6.45) is 0.856. The van der Waals surface area contributed by atoms with Gasteiger partial charge in [-0.2, -0.15) is 4.68 Å². The minimum atomic E-state index is -0.370. The zero-order valence-electron chi connectivity index (χ0n) is 13.7. The van der Waals surface area contributed by atoms with Gasteiger partial charge in [-0.05, 0) is 54.5 Å². The van der Waals surface area contributed by atoms with Crippen LogP contribution in [0.4, 0.5) is 5.69 Å². The Balaban J connectivity index is 2.02. The molecule has 5 heteroatoms. The van der Waals surface area contributed by atoms with Crippen molar-refractivity contribution in [2.45, 2.75) is 32.7 Å². The number of hydrogen-bond donors (Lipinski definition) is 1. The molecule has 0 amide bonds. The van der Waals surface area contributed by atoms with Crippen molar-refractivity contribution in [1.82, 2.24) is 20.2 Å². The molecule has 23 heavy (non-hydrogen) atoms. The van der Waals surface area contributed by atoms with Crippen molar-refractivity contribution in [2.24, 2.45) is 0 Å². The quantitative estimate of drug-likeness (QED) is 0.780. The minimum absolute atomic E-state index is 0.370. The van der Waals surface area contributed by atoms with Crippen molar-refractivity contribution in [3.63, 3.8) is 0 Å². The number of nitrogens with zero attached hydrogens (tertiary/aromatic N) is 4. The van der Waals surface area contributed by atoms with Crippen LogP contribution in [0.5, 0.6) is 0 Å². The molecule has 0 aliphatic rings. The number of rotatable bonds is 5. The molecule has 0 aliphatic carbocycles. The fraction of sp³-hybridized carbons (Fsp3) is 0.278. The number of hydrogen-bond acceptors (Lipinski definition) is 4. The van der Waals surface area contributed by atoms with Crippen LogP contribution in [0.25, 0.3) is 5.69 Å². The summed E-state index contributed by atoms with van der Waals surface area (Å²) < 4.78 is 1.80. The molecule has 1 N–H and O–H groups in total. The average Bonchev–Trinajstić information content (AvgIpc) is 3.08. The molecule has 1 aromatic heterocycles. The number of tetrazole rings is 1. The van der Waals surface area contributed by atoms with Gasteiger partial charge < -0.3 is 5.32 Å². The van der Waals surface area contributed by atoms with Gasteiger partial charge >= 0.3 is 0 Å². The molecule has 118 valence electrons. The highest BCUT2D eigenvalue weighted by atomic mass is 15.6. The van der Waals surface area contributed by atoms with Crippen LogP contribution in [0, 0.1) is 6.92 Å². The molecule has 3 aromatic rings. The summed E-state index contributed by atoms with van der Waals surface area (Å²) in [5, 5.41) is 16.0. The van der Waals surface area contributed by atoms with Crippen molar-refractivity contribution in [3.8, 4) is 5.69 Å². The van der Waals surface area contributed by atoms with E-state index in [1.165, 1.54) is 5.56 Å². The van der Waals surface area contributed by atoms with Gasteiger partial charge in [0.15, 0.2) is 5.82 Å². The molecular weight excluding hydrogens is 286 g/mol. The first-order valence-electron chi connectivity index (χ1n) is 7.82. The second kappa shape index (κ2) is 6.20. The molecule has 0 saturated carbocycles. The molecule has 0 aliphatic heterocycles. The highest BCUT2D eigenvalue weighted by Gasteiger charge is 2.31. The van der Waals surface area contributed by atoms with Crippen LogP contribution < -0.4 is 5.32 Å². The molecule has 0 bridgehead atoms. The Morgan fingerprint density at radius 2 is 1.74 bits per heavy atom. The lowest BCUT2D eigenvalue weighted by atomic mass is 9.96. The van der Waals surface area contributed by atoms with E-state index in [0.717, 1.165) is 23.6 Å². The predicted octanol–water partition coefficient (Wildman–Crippen LogP) is 3.71. The van der Waals surface area contributed by atoms with Crippen molar-refractivity contribution < 1.29 is 0 Å². The van der Waals surface area contributed by atoms with Crippen LogP contribution >= 0.6 is 0 Å². The molecule has 1 heterocycles. The summed E-state index contributed by atoms with van der Waals surface area (Å²) in [6, 6.07) is 18.2. The number of para-hydroxylation sites is 2. The van der Waals surface area contributed by atoms with Crippen LogP contribution in [-0.4, -0.2) is 20.2 Å². The zero-order valence-corrected chi connectivity index (χ0v) is 13.7. The Morgan fingerprint density at radius 1 is 1.04 bits per heavy atom. The van der Waals surface area contributed by atoms with Crippen LogP contribution in [0.1, 0.15) is 31.7 Å². The maximum absolute atomic E-state index is 4.30. The van der Waals surface area contributed by atoms with Crippen molar-refractivity contribution >= 4 is 5.69 Å². The lowest BCUT2D eigenvalue weighted by Crippen LogP contribution is -2.34. The van der Waals surface area contributed by atoms with E-state index in [9.17, 15) is 0 Å². The predicted molar refractivity (Wildman–Crippen MR) is 91.6 cm³/mol. The van der Waals surface area contributed by atoms with Crippen LogP contribution in [0.15, 0.2) is 54.6 Å². The molecule has 1 atom stereocenters. The first-order chi connectivity index (χ1) is 11.1. The van der Waals surface area contributed by atoms with Crippen molar-refractivity contribution in [2.75, 3.05) is 5.32 Å². The number of aryl methyl sites for hydroxylation is 1. The highest BCUT2D eigenvalue weighted by molar-refractivity contribution is 5.52. The van der Waals surface area contributed by atoms with Gasteiger partial charge in [-0.15, -0.1) is 5.10 Å². The second-order valence-electron chi connectivity index (χ2n) is 5.88. The van der Waals surface area contributed by atoms with Gasteiger partial charge in [0.1, 0.15) is 0 Å². The molecule has 5 nitrogen and oxygen atoms in total. The fourth-order valence-corrected chi connectivity index (χ4v) is 2.59. The summed E-state index contributed by atoms with van der Waals surface area (Å²) in [7, 11) is 0. The van der Waals surface area contributed by atoms with Gasteiger partial charge in [0, 0.05) is 5.69 Å². The number of aromatic nitrogens is 4. The average molecular weight is 307 g/mol. The molecular formula is C18H21N5. The second-order valence-corrected chi connectivity index (χ2v) is 5.88. The van der Waals surface area contributed by atoms with E-state index >= 15 is 0 Å². The Hall–Kier alpha value is -2.69. The van der Waals surface area contributed by atoms with Gasteiger partial charge in [-0.25, -0.2) is 0 Å². The molecule has 0 spiro atoms. The fourth-order valence-electron chi connectivity index (χ4n) is 2.59. The summed E-state index contributed by atoms with van der Waals surface area (Å²) in [6.45, 7) is 6.36. The summed E-state index contributed by atoms with van der Waals surface area (Å²) >= 11 is 0. The third-order valence-electron chi connectivity index (χ3n) is 4.23. The van der Waals surface area contributed by atoms with E-state index in [0.29, 0.717) is 0 Å². The lowest BCUT2D eigenvalue weighted by molar-refractivity contribution is 0.474. The van der Waals surface area contributed by atoms with Gasteiger partial charge in [0.05, 0.1) is 11.2 Å². The summed E-state index contributed by atoms with van der Waals surface area (Å²) in [4.78, 5) is 0. The number of benzene rings is 2. The Labute approximate surface area is 136 Å². The normalized spacial score (nSPS) is 13.5. The zero-order chi connectivity index (χ0) is 16.3. The molecule has 2 aromatic carbocycles. The van der Waals surface area contributed by atoms with E-state index in [1.54, 1.807) is 4.68 Å². The van der Waals surface area contributed by atoms with E-state index in [-0.39, 0.29) is 5.54 Å². The highest BCUT2D eigenvalue weighted by Crippen LogP contribution is 2.30. The molecule has 0 fully saturated rings. The van der Waals surface area contributed by atoms with Crippen LogP contribution in [-0.2, 0) is 5.54 Å². The Bertz CT molecular complexity index is 781. The maximum Gasteiger partial charge on any atom is 0.181 e. The lowest BCUT2D eigenvalue weighted by Gasteiger charge is -2.30. The van der Waals surface area contributed by atoms with Crippen molar-refractivity contribution in [1.29, 1.82) is 0 Å². The van der Waals surface area contributed by atoms with E-state index in [4.69, 9.17) is 0 Å². The molecule has 3 rings (SSSR count). The van der Waals surface area contributed by atoms with Gasteiger partial charge in [0.2, 0.25) is 0 Å². The molecule has 0 saturated heterocycles. The number of nitrogens with one attached hydrogen (secondary N) is 1. The van der Waals surface area contributed by atoms with Crippen LogP contribution in [0.2, 0.25) is 0 Å². The van der Waals surface area contributed by atoms with Gasteiger partial charge in [-0.1, -0.05) is 43.3 Å². The van der Waals surface area contributed by atoms with E-state index in [2.05, 4.69) is 53.7 Å². The largest absolute Gasteiger partial charge is 0.373 e. The smallest absolute Gasteiger partial charge is 0.181 e. The topological polar surface area (TPSA) is 55.6 Å². The van der Waals surface area contributed by atoms with E-state index < -0.39 is 0 Å². The molecule has 0 radical (unpaired) electrons. The monoisotopic (exact) mass is 307 g/mol.